The summed E-state index contributed by atoms with van der Waals surface area (Å²) in [5, 5.41) is 4.07. The minimum Gasteiger partial charge on any atom is -0.340 e. The minimum atomic E-state index is 0.244. The first-order chi connectivity index (χ1) is 13.8. The quantitative estimate of drug-likeness (QED) is 0.629. The fourth-order valence-corrected chi connectivity index (χ4v) is 3.75. The van der Waals surface area contributed by atoms with Crippen molar-refractivity contribution in [2.24, 2.45) is 0 Å². The Balaban J connectivity index is 1.30. The number of carbonyl (C=O) groups is 1. The molecule has 144 valence electrons. The number of amides is 1. The van der Waals surface area contributed by atoms with Crippen LogP contribution in [0.25, 0.3) is 11.6 Å². The van der Waals surface area contributed by atoms with Gasteiger partial charge in [0.1, 0.15) is 5.69 Å². The number of rotatable bonds is 7. The summed E-state index contributed by atoms with van der Waals surface area (Å²) in [6.45, 7) is 0.851. The van der Waals surface area contributed by atoms with Gasteiger partial charge in [-0.2, -0.15) is 4.98 Å². The van der Waals surface area contributed by atoms with E-state index in [0.717, 1.165) is 32.2 Å². The number of likely N-dealkylation sites (tertiary alicyclic amines) is 1. The molecule has 1 unspecified atom stereocenters. The van der Waals surface area contributed by atoms with E-state index in [0.29, 0.717) is 30.3 Å². The molecule has 1 aromatic carbocycles. The highest BCUT2D eigenvalue weighted by Gasteiger charge is 2.28. The van der Waals surface area contributed by atoms with Gasteiger partial charge in [-0.1, -0.05) is 41.6 Å². The first-order valence-electron chi connectivity index (χ1n) is 9.87. The molecule has 1 amide bonds. The van der Waals surface area contributed by atoms with E-state index in [2.05, 4.69) is 27.3 Å². The van der Waals surface area contributed by atoms with Crippen molar-refractivity contribution >= 4 is 5.91 Å². The van der Waals surface area contributed by atoms with Crippen LogP contribution in [0.15, 0.2) is 59.3 Å². The Labute approximate surface area is 164 Å². The van der Waals surface area contributed by atoms with Gasteiger partial charge in [0.2, 0.25) is 5.91 Å². The molecule has 4 rings (SSSR count). The van der Waals surface area contributed by atoms with Crippen LogP contribution in [-0.2, 0) is 17.6 Å². The summed E-state index contributed by atoms with van der Waals surface area (Å²) in [4.78, 5) is 23.4. The van der Waals surface area contributed by atoms with Gasteiger partial charge in [0.05, 0.1) is 0 Å². The number of hydrogen-bond donors (Lipinski definition) is 0. The van der Waals surface area contributed by atoms with Gasteiger partial charge in [-0.15, -0.1) is 0 Å². The highest BCUT2D eigenvalue weighted by Crippen LogP contribution is 2.23. The molecule has 0 spiro atoms. The predicted molar refractivity (Wildman–Crippen MR) is 105 cm³/mol. The Bertz CT molecular complexity index is 895. The standard InChI is InChI=1S/C22H24N4O2/c27-21(14-11-17-7-2-1-3-8-17)26-16-6-9-18(26)12-13-20-24-22(28-25-20)19-10-4-5-15-23-19/h1-5,7-8,10,15,18H,6,9,11-14,16H2. The Morgan fingerprint density at radius 3 is 2.79 bits per heavy atom. The summed E-state index contributed by atoms with van der Waals surface area (Å²) in [5.41, 5.74) is 1.89. The Kier molecular flexibility index (Phi) is 5.75. The molecule has 1 aliphatic rings. The fraction of sp³-hybridized carbons (Fsp3) is 0.364. The number of nitrogens with zero attached hydrogens (tertiary/aromatic N) is 4. The first-order valence-corrected chi connectivity index (χ1v) is 9.87. The molecule has 0 N–H and O–H groups in total. The highest BCUT2D eigenvalue weighted by atomic mass is 16.5. The van der Waals surface area contributed by atoms with Crippen molar-refractivity contribution < 1.29 is 9.32 Å². The average Bonchev–Trinajstić information content (AvgIpc) is 3.41. The minimum absolute atomic E-state index is 0.244. The van der Waals surface area contributed by atoms with Crippen LogP contribution in [0.1, 0.15) is 37.1 Å². The largest absolute Gasteiger partial charge is 0.340 e. The second-order valence-electron chi connectivity index (χ2n) is 7.14. The summed E-state index contributed by atoms with van der Waals surface area (Å²) in [6, 6.07) is 16.0. The third-order valence-electron chi connectivity index (χ3n) is 5.22. The first kappa shape index (κ1) is 18.3. The summed E-state index contributed by atoms with van der Waals surface area (Å²) >= 11 is 0. The normalized spacial score (nSPS) is 16.4. The molecule has 6 heteroatoms. The van der Waals surface area contributed by atoms with Crippen molar-refractivity contribution in [3.63, 3.8) is 0 Å². The maximum absolute atomic E-state index is 12.7. The van der Waals surface area contributed by atoms with Crippen molar-refractivity contribution in [1.29, 1.82) is 0 Å². The van der Waals surface area contributed by atoms with Crippen LogP contribution >= 0.6 is 0 Å². The topological polar surface area (TPSA) is 72.1 Å². The van der Waals surface area contributed by atoms with E-state index < -0.39 is 0 Å². The van der Waals surface area contributed by atoms with Crippen LogP contribution in [0, 0.1) is 0 Å². The number of carbonyl (C=O) groups excluding carboxylic acids is 1. The van der Waals surface area contributed by atoms with E-state index >= 15 is 0 Å². The molecule has 0 radical (unpaired) electrons. The van der Waals surface area contributed by atoms with E-state index in [4.69, 9.17) is 4.52 Å². The summed E-state index contributed by atoms with van der Waals surface area (Å²) in [5.74, 6) is 1.36. The second kappa shape index (κ2) is 8.78. The van der Waals surface area contributed by atoms with E-state index in [-0.39, 0.29) is 11.9 Å². The summed E-state index contributed by atoms with van der Waals surface area (Å²) in [7, 11) is 0. The molecule has 1 aliphatic heterocycles. The molecule has 6 nitrogen and oxygen atoms in total. The molecule has 1 atom stereocenters. The number of hydrogen-bond acceptors (Lipinski definition) is 5. The molecule has 0 bridgehead atoms. The molecule has 1 fully saturated rings. The lowest BCUT2D eigenvalue weighted by Gasteiger charge is -2.24. The van der Waals surface area contributed by atoms with Crippen molar-refractivity contribution in [2.45, 2.75) is 44.6 Å². The third-order valence-corrected chi connectivity index (χ3v) is 5.22. The van der Waals surface area contributed by atoms with E-state index in [1.165, 1.54) is 5.56 Å². The smallest absolute Gasteiger partial charge is 0.276 e. The predicted octanol–water partition coefficient (Wildman–Crippen LogP) is 3.69. The van der Waals surface area contributed by atoms with Crippen LogP contribution < -0.4 is 0 Å². The summed E-state index contributed by atoms with van der Waals surface area (Å²) in [6.07, 6.45) is 6.72. The maximum atomic E-state index is 12.7. The average molecular weight is 376 g/mol. The molecule has 3 aromatic rings. The Morgan fingerprint density at radius 1 is 1.11 bits per heavy atom. The zero-order valence-corrected chi connectivity index (χ0v) is 15.8. The van der Waals surface area contributed by atoms with E-state index in [1.54, 1.807) is 6.20 Å². The monoisotopic (exact) mass is 376 g/mol. The number of pyridine rings is 1. The zero-order valence-electron chi connectivity index (χ0n) is 15.8. The van der Waals surface area contributed by atoms with Gasteiger partial charge in [0.15, 0.2) is 5.82 Å². The van der Waals surface area contributed by atoms with Gasteiger partial charge in [0, 0.05) is 31.6 Å². The molecular formula is C22H24N4O2. The zero-order chi connectivity index (χ0) is 19.2. The van der Waals surface area contributed by atoms with Crippen LogP contribution in [0.3, 0.4) is 0 Å². The second-order valence-corrected chi connectivity index (χ2v) is 7.14. The molecule has 0 saturated carbocycles. The third kappa shape index (κ3) is 4.44. The van der Waals surface area contributed by atoms with Gasteiger partial charge < -0.3 is 9.42 Å². The lowest BCUT2D eigenvalue weighted by atomic mass is 10.1. The number of benzene rings is 1. The van der Waals surface area contributed by atoms with Gasteiger partial charge in [-0.05, 0) is 43.4 Å². The molecule has 28 heavy (non-hydrogen) atoms. The van der Waals surface area contributed by atoms with Crippen molar-refractivity contribution in [2.75, 3.05) is 6.54 Å². The van der Waals surface area contributed by atoms with Crippen LogP contribution in [0.5, 0.6) is 0 Å². The highest BCUT2D eigenvalue weighted by molar-refractivity contribution is 5.77. The molecule has 1 saturated heterocycles. The van der Waals surface area contributed by atoms with Crippen LogP contribution in [0.2, 0.25) is 0 Å². The van der Waals surface area contributed by atoms with Crippen LogP contribution in [0.4, 0.5) is 0 Å². The Morgan fingerprint density at radius 2 is 1.96 bits per heavy atom. The van der Waals surface area contributed by atoms with Gasteiger partial charge in [0.25, 0.3) is 5.89 Å². The van der Waals surface area contributed by atoms with Crippen molar-refractivity contribution in [3.8, 4) is 11.6 Å². The SMILES string of the molecule is O=C(CCc1ccccc1)N1CCCC1CCc1noc(-c2ccccn2)n1. The maximum Gasteiger partial charge on any atom is 0.276 e. The van der Waals surface area contributed by atoms with Crippen molar-refractivity contribution in [1.82, 2.24) is 20.0 Å². The van der Waals surface area contributed by atoms with Crippen LogP contribution in [-0.4, -0.2) is 38.5 Å². The fourth-order valence-electron chi connectivity index (χ4n) is 3.75. The summed E-state index contributed by atoms with van der Waals surface area (Å²) < 4.78 is 5.32. The van der Waals surface area contributed by atoms with E-state index in [1.807, 2.05) is 41.3 Å². The van der Waals surface area contributed by atoms with E-state index in [9.17, 15) is 4.79 Å². The lowest BCUT2D eigenvalue weighted by Crippen LogP contribution is -2.36. The Hall–Kier alpha value is -3.02. The number of aryl methyl sites for hydroxylation is 2. The molecule has 3 heterocycles. The van der Waals surface area contributed by atoms with Gasteiger partial charge >= 0.3 is 0 Å². The molecule has 0 aliphatic carbocycles. The molecule has 2 aromatic heterocycles. The van der Waals surface area contributed by atoms with Gasteiger partial charge in [-0.25, -0.2) is 0 Å². The van der Waals surface area contributed by atoms with Crippen molar-refractivity contribution in [3.05, 3.63) is 66.1 Å². The number of aromatic nitrogens is 3. The molecular weight excluding hydrogens is 352 g/mol. The van der Waals surface area contributed by atoms with Gasteiger partial charge in [-0.3, -0.25) is 9.78 Å². The lowest BCUT2D eigenvalue weighted by molar-refractivity contribution is -0.132.